The molecule has 3 saturated heterocycles. The van der Waals surface area contributed by atoms with E-state index in [9.17, 15) is 14.4 Å². The van der Waals surface area contributed by atoms with Gasteiger partial charge in [-0.3, -0.25) is 14.5 Å². The number of rotatable bonds is 4. The molecule has 8 nitrogen and oxygen atoms in total. The molecule has 3 amide bonds. The summed E-state index contributed by atoms with van der Waals surface area (Å²) in [6.45, 7) is 7.72. The van der Waals surface area contributed by atoms with E-state index in [2.05, 4.69) is 34.9 Å². The third-order valence-corrected chi connectivity index (χ3v) is 6.02. The van der Waals surface area contributed by atoms with Gasteiger partial charge in [-0.25, -0.2) is 4.79 Å². The van der Waals surface area contributed by atoms with E-state index < -0.39 is 17.9 Å². The van der Waals surface area contributed by atoms with Gasteiger partial charge in [0.1, 0.15) is 0 Å². The number of carbonyl (C=O) groups is 3. The van der Waals surface area contributed by atoms with Crippen LogP contribution in [0, 0.1) is 6.92 Å². The number of anilines is 1. The number of benzene rings is 1. The first-order valence-electron chi connectivity index (χ1n) is 10.4. The number of hydrogen-bond acceptors (Lipinski definition) is 6. The lowest BCUT2D eigenvalue weighted by Crippen LogP contribution is -2.50. The van der Waals surface area contributed by atoms with E-state index in [0.29, 0.717) is 18.2 Å². The van der Waals surface area contributed by atoms with E-state index in [4.69, 9.17) is 4.84 Å². The van der Waals surface area contributed by atoms with Crippen LogP contribution in [-0.4, -0.2) is 72.0 Å². The van der Waals surface area contributed by atoms with Crippen molar-refractivity contribution >= 4 is 23.6 Å². The van der Waals surface area contributed by atoms with E-state index in [1.165, 1.54) is 29.7 Å². The lowest BCUT2D eigenvalue weighted by molar-refractivity contribution is -0.174. The number of carbonyl (C=O) groups excluding carboxylic acids is 3. The van der Waals surface area contributed by atoms with Crippen molar-refractivity contribution in [3.63, 3.8) is 0 Å². The van der Waals surface area contributed by atoms with Crippen molar-refractivity contribution in [3.05, 3.63) is 29.3 Å². The Morgan fingerprint density at radius 2 is 1.62 bits per heavy atom. The molecule has 4 rings (SSSR count). The van der Waals surface area contributed by atoms with Crippen LogP contribution in [0.25, 0.3) is 0 Å². The maximum absolute atomic E-state index is 12.3. The SMILES string of the molecule is Cc1cccc(N2CCCC2)c1CN1CCN(C(=O)ON2C(=O)CCC2=O)CC1. The lowest BCUT2D eigenvalue weighted by atomic mass is 10.0. The molecule has 156 valence electrons. The van der Waals surface area contributed by atoms with Crippen molar-refractivity contribution < 1.29 is 19.2 Å². The number of amides is 3. The van der Waals surface area contributed by atoms with Gasteiger partial charge >= 0.3 is 6.09 Å². The summed E-state index contributed by atoms with van der Waals surface area (Å²) in [6, 6.07) is 6.50. The summed E-state index contributed by atoms with van der Waals surface area (Å²) in [4.78, 5) is 47.0. The number of imide groups is 1. The molecule has 0 saturated carbocycles. The summed E-state index contributed by atoms with van der Waals surface area (Å²) in [6.07, 6.45) is 2.08. The van der Waals surface area contributed by atoms with Crippen molar-refractivity contribution in [2.45, 2.75) is 39.2 Å². The van der Waals surface area contributed by atoms with Crippen LogP contribution >= 0.6 is 0 Å². The molecule has 3 aliphatic rings. The fourth-order valence-corrected chi connectivity index (χ4v) is 4.25. The summed E-state index contributed by atoms with van der Waals surface area (Å²) in [5.41, 5.74) is 3.98. The fourth-order valence-electron chi connectivity index (χ4n) is 4.25. The Kier molecular flexibility index (Phi) is 5.71. The molecule has 3 fully saturated rings. The zero-order valence-corrected chi connectivity index (χ0v) is 16.9. The average Bonchev–Trinajstić information content (AvgIpc) is 3.36. The first-order chi connectivity index (χ1) is 14.0. The van der Waals surface area contributed by atoms with Gasteiger partial charge in [0.25, 0.3) is 11.8 Å². The number of hydrogen-bond donors (Lipinski definition) is 0. The van der Waals surface area contributed by atoms with Crippen molar-refractivity contribution in [2.75, 3.05) is 44.2 Å². The van der Waals surface area contributed by atoms with Gasteiger partial charge in [-0.1, -0.05) is 12.1 Å². The molecule has 0 aliphatic carbocycles. The smallest absolute Gasteiger partial charge is 0.371 e. The van der Waals surface area contributed by atoms with Crippen molar-refractivity contribution in [2.24, 2.45) is 0 Å². The standard InChI is InChI=1S/C21H28N4O4/c1-16-5-4-6-18(23-9-2-3-10-23)17(16)15-22-11-13-24(14-12-22)21(28)29-25-19(26)7-8-20(25)27/h4-6H,2-3,7-15H2,1H3. The minimum atomic E-state index is -0.623. The number of nitrogens with zero attached hydrogens (tertiary/aromatic N) is 4. The maximum atomic E-state index is 12.3. The monoisotopic (exact) mass is 400 g/mol. The van der Waals surface area contributed by atoms with Crippen LogP contribution in [0.3, 0.4) is 0 Å². The summed E-state index contributed by atoms with van der Waals surface area (Å²) in [7, 11) is 0. The second kappa shape index (κ2) is 8.41. The van der Waals surface area contributed by atoms with Gasteiger partial charge in [0.05, 0.1) is 0 Å². The molecule has 0 spiro atoms. The average molecular weight is 400 g/mol. The summed E-state index contributed by atoms with van der Waals surface area (Å²) < 4.78 is 0. The van der Waals surface area contributed by atoms with Crippen LogP contribution in [0.15, 0.2) is 18.2 Å². The minimum absolute atomic E-state index is 0.107. The van der Waals surface area contributed by atoms with E-state index in [1.54, 1.807) is 4.90 Å². The zero-order valence-electron chi connectivity index (χ0n) is 16.9. The molecule has 1 aromatic rings. The Morgan fingerprint density at radius 1 is 0.966 bits per heavy atom. The Hall–Kier alpha value is -2.61. The first-order valence-corrected chi connectivity index (χ1v) is 10.4. The first kappa shape index (κ1) is 19.7. The predicted octanol–water partition coefficient (Wildman–Crippen LogP) is 1.91. The van der Waals surface area contributed by atoms with Crippen LogP contribution in [0.2, 0.25) is 0 Å². The van der Waals surface area contributed by atoms with Gasteiger partial charge in [-0.2, -0.15) is 0 Å². The Balaban J connectivity index is 1.34. The van der Waals surface area contributed by atoms with Crippen LogP contribution in [-0.2, 0) is 21.0 Å². The van der Waals surface area contributed by atoms with E-state index >= 15 is 0 Å². The topological polar surface area (TPSA) is 73.4 Å². The highest BCUT2D eigenvalue weighted by atomic mass is 16.7. The third kappa shape index (κ3) is 4.22. The third-order valence-electron chi connectivity index (χ3n) is 6.02. The second-order valence-electron chi connectivity index (χ2n) is 7.97. The molecule has 0 unspecified atom stereocenters. The molecule has 0 bridgehead atoms. The summed E-state index contributed by atoms with van der Waals surface area (Å²) in [5, 5.41) is 0.615. The normalized spacial score (nSPS) is 20.7. The lowest BCUT2D eigenvalue weighted by Gasteiger charge is -2.35. The van der Waals surface area contributed by atoms with E-state index in [0.717, 1.165) is 32.7 Å². The Morgan fingerprint density at radius 3 is 2.28 bits per heavy atom. The second-order valence-corrected chi connectivity index (χ2v) is 7.97. The van der Waals surface area contributed by atoms with Gasteiger partial charge in [-0.05, 0) is 37.0 Å². The van der Waals surface area contributed by atoms with Gasteiger partial charge in [0.2, 0.25) is 0 Å². The van der Waals surface area contributed by atoms with E-state index in [-0.39, 0.29) is 12.8 Å². The summed E-state index contributed by atoms with van der Waals surface area (Å²) in [5.74, 6) is -0.896. The van der Waals surface area contributed by atoms with Gasteiger partial charge < -0.3 is 14.6 Å². The van der Waals surface area contributed by atoms with E-state index in [1.807, 2.05) is 0 Å². The van der Waals surface area contributed by atoms with Crippen molar-refractivity contribution in [3.8, 4) is 0 Å². The molecule has 0 N–H and O–H groups in total. The molecule has 0 aromatic heterocycles. The van der Waals surface area contributed by atoms with Crippen LogP contribution in [0.4, 0.5) is 10.5 Å². The zero-order chi connectivity index (χ0) is 20.4. The highest BCUT2D eigenvalue weighted by Crippen LogP contribution is 2.28. The fraction of sp³-hybridized carbons (Fsp3) is 0.571. The highest BCUT2D eigenvalue weighted by molar-refractivity contribution is 6.01. The molecule has 0 radical (unpaired) electrons. The van der Waals surface area contributed by atoms with Crippen LogP contribution in [0.5, 0.6) is 0 Å². The van der Waals surface area contributed by atoms with Gasteiger partial charge in [-0.15, -0.1) is 5.06 Å². The largest absolute Gasteiger partial charge is 0.434 e. The predicted molar refractivity (Wildman–Crippen MR) is 107 cm³/mol. The molecule has 1 aromatic carbocycles. The molecule has 8 heteroatoms. The Labute approximate surface area is 170 Å². The molecule has 3 heterocycles. The number of piperazine rings is 1. The number of aryl methyl sites for hydroxylation is 1. The van der Waals surface area contributed by atoms with Crippen LogP contribution < -0.4 is 4.90 Å². The van der Waals surface area contributed by atoms with Crippen molar-refractivity contribution in [1.29, 1.82) is 0 Å². The molecular weight excluding hydrogens is 372 g/mol. The molecule has 29 heavy (non-hydrogen) atoms. The Bertz CT molecular complexity index is 782. The van der Waals surface area contributed by atoms with Gasteiger partial charge in [0.15, 0.2) is 0 Å². The maximum Gasteiger partial charge on any atom is 0.434 e. The number of hydroxylamine groups is 2. The van der Waals surface area contributed by atoms with Crippen LogP contribution in [0.1, 0.15) is 36.8 Å². The molecular formula is C21H28N4O4. The molecule has 3 aliphatic heterocycles. The van der Waals surface area contributed by atoms with Crippen molar-refractivity contribution in [1.82, 2.24) is 14.9 Å². The van der Waals surface area contributed by atoms with Gasteiger partial charge in [0, 0.05) is 64.3 Å². The quantitative estimate of drug-likeness (QED) is 0.719. The molecule has 0 atom stereocenters. The highest BCUT2D eigenvalue weighted by Gasteiger charge is 2.35. The minimum Gasteiger partial charge on any atom is -0.371 e. The summed E-state index contributed by atoms with van der Waals surface area (Å²) >= 11 is 0.